The quantitative estimate of drug-likeness (QED) is 0.0922. The molecule has 3 rings (SSSR count). The first-order chi connectivity index (χ1) is 21.3. The molecule has 0 atom stereocenters. The van der Waals surface area contributed by atoms with Crippen LogP contribution in [0.2, 0.25) is 0 Å². The average molecular weight is 650 g/mol. The lowest BCUT2D eigenvalue weighted by molar-refractivity contribution is 0.0933. The van der Waals surface area contributed by atoms with Gasteiger partial charge in [0.25, 0.3) is 0 Å². The van der Waals surface area contributed by atoms with Gasteiger partial charge >= 0.3 is 0 Å². The highest BCUT2D eigenvalue weighted by molar-refractivity contribution is 7.80. The van der Waals surface area contributed by atoms with Crippen molar-refractivity contribution in [1.82, 2.24) is 20.9 Å². The number of thiocarbonyl (C=S) groups is 3. The fourth-order valence-electron chi connectivity index (χ4n) is 4.29. The summed E-state index contributed by atoms with van der Waals surface area (Å²) in [5.74, 6) is 0.0271. The summed E-state index contributed by atoms with van der Waals surface area (Å²) in [5.41, 5.74) is 5.88. The minimum absolute atomic E-state index is 0.0271. The van der Waals surface area contributed by atoms with Crippen LogP contribution in [0, 0.1) is 0 Å². The smallest absolute Gasteiger partial charge is 0.176 e. The van der Waals surface area contributed by atoms with Crippen molar-refractivity contribution in [3.63, 3.8) is 0 Å². The maximum Gasteiger partial charge on any atom is 0.176 e. The molecular formula is C33H43N7OS3. The Hall–Kier alpha value is -3.64. The van der Waals surface area contributed by atoms with Crippen LogP contribution in [0.1, 0.15) is 42.3 Å². The number of carbonyl (C=O) groups excluding carboxylic acids is 1. The predicted molar refractivity (Wildman–Crippen MR) is 197 cm³/mol. The van der Waals surface area contributed by atoms with Gasteiger partial charge in [-0.3, -0.25) is 9.69 Å². The van der Waals surface area contributed by atoms with E-state index in [0.717, 1.165) is 36.4 Å². The third-order valence-corrected chi connectivity index (χ3v) is 7.58. The van der Waals surface area contributed by atoms with Gasteiger partial charge in [0.15, 0.2) is 21.1 Å². The Bertz CT molecular complexity index is 1300. The summed E-state index contributed by atoms with van der Waals surface area (Å²) in [6.07, 6.45) is 1.98. The van der Waals surface area contributed by atoms with Crippen LogP contribution in [-0.2, 0) is 12.8 Å². The van der Waals surface area contributed by atoms with Crippen LogP contribution in [0.15, 0.2) is 72.8 Å². The van der Waals surface area contributed by atoms with Crippen LogP contribution in [-0.4, -0.2) is 65.3 Å². The molecule has 0 aromatic heterocycles. The summed E-state index contributed by atoms with van der Waals surface area (Å²) < 4.78 is 0. The van der Waals surface area contributed by atoms with E-state index < -0.39 is 0 Å². The van der Waals surface area contributed by atoms with Crippen LogP contribution >= 0.6 is 36.7 Å². The van der Waals surface area contributed by atoms with Gasteiger partial charge < -0.3 is 31.9 Å². The maximum atomic E-state index is 13.3. The first kappa shape index (κ1) is 34.8. The van der Waals surface area contributed by atoms with Crippen LogP contribution in [0.25, 0.3) is 0 Å². The lowest BCUT2D eigenvalue weighted by Gasteiger charge is -2.23. The Morgan fingerprint density at radius 2 is 0.977 bits per heavy atom. The number of Topliss-reactive ketones (excluding diaryl/α,β-unsaturated/α-hetero) is 1. The average Bonchev–Trinajstić information content (AvgIpc) is 3.02. The van der Waals surface area contributed by atoms with Gasteiger partial charge in [-0.25, -0.2) is 0 Å². The Morgan fingerprint density at radius 3 is 1.36 bits per heavy atom. The van der Waals surface area contributed by atoms with E-state index in [-0.39, 0.29) is 12.3 Å². The normalized spacial score (nSPS) is 10.5. The molecule has 8 nitrogen and oxygen atoms in total. The number of rotatable bonds is 15. The molecule has 0 amide bonds. The van der Waals surface area contributed by atoms with E-state index >= 15 is 0 Å². The van der Waals surface area contributed by atoms with Gasteiger partial charge in [-0.05, 0) is 116 Å². The third kappa shape index (κ3) is 12.5. The van der Waals surface area contributed by atoms with E-state index in [1.165, 1.54) is 11.1 Å². The van der Waals surface area contributed by atoms with E-state index in [1.54, 1.807) is 0 Å². The molecule has 3 aromatic rings. The molecule has 0 heterocycles. The molecule has 0 aliphatic carbocycles. The number of carbonyl (C=O) groups is 1. The second kappa shape index (κ2) is 18.9. The second-order valence-electron chi connectivity index (χ2n) is 10.1. The molecule has 0 radical (unpaired) electrons. The van der Waals surface area contributed by atoms with Crippen molar-refractivity contribution in [2.24, 2.45) is 0 Å². The highest BCUT2D eigenvalue weighted by atomic mass is 32.1. The van der Waals surface area contributed by atoms with Crippen molar-refractivity contribution >= 4 is 74.8 Å². The maximum absolute atomic E-state index is 13.3. The minimum atomic E-state index is 0.0271. The Balaban J connectivity index is 1.54. The van der Waals surface area contributed by atoms with E-state index in [9.17, 15) is 4.79 Å². The molecule has 3 aromatic carbocycles. The highest BCUT2D eigenvalue weighted by Crippen LogP contribution is 2.12. The standard InChI is InChI=1S/C33H43N7OS3/c1-4-24-7-13-27(14-8-24)38-32(43)35-19-21-40(22-20-36-33(44)39-28-15-9-25(5-2)10-16-28)23-30(41)26-11-17-29(18-12-26)37-31(42)34-6-3/h7-18H,4-6,19-23H2,1-3H3,(H2,34,37,42)(H2,35,38,43)(H2,36,39,44). The number of hydrogen-bond acceptors (Lipinski definition) is 5. The van der Waals surface area contributed by atoms with Crippen molar-refractivity contribution in [3.05, 3.63) is 89.5 Å². The highest BCUT2D eigenvalue weighted by Gasteiger charge is 2.14. The molecule has 0 saturated heterocycles. The third-order valence-electron chi connectivity index (χ3n) is 6.84. The number of nitrogens with one attached hydrogen (secondary N) is 6. The summed E-state index contributed by atoms with van der Waals surface area (Å²) in [7, 11) is 0. The molecule has 0 fully saturated rings. The topological polar surface area (TPSA) is 92.5 Å². The van der Waals surface area contributed by atoms with Crippen LogP contribution in [0.3, 0.4) is 0 Å². The summed E-state index contributed by atoms with van der Waals surface area (Å²) >= 11 is 16.3. The molecular weight excluding hydrogens is 607 g/mol. The number of benzene rings is 3. The van der Waals surface area contributed by atoms with E-state index in [2.05, 4.69) is 74.9 Å². The number of hydrogen-bond donors (Lipinski definition) is 6. The van der Waals surface area contributed by atoms with Crippen molar-refractivity contribution in [1.29, 1.82) is 0 Å². The van der Waals surface area contributed by atoms with Gasteiger partial charge in [0.2, 0.25) is 0 Å². The van der Waals surface area contributed by atoms with Gasteiger partial charge in [0.05, 0.1) is 6.54 Å². The number of nitrogens with zero attached hydrogens (tertiary/aromatic N) is 1. The Kier molecular flexibility index (Phi) is 15.0. The predicted octanol–water partition coefficient (Wildman–Crippen LogP) is 5.58. The summed E-state index contributed by atoms with van der Waals surface area (Å²) in [6, 6.07) is 23.8. The zero-order chi connectivity index (χ0) is 31.7. The Morgan fingerprint density at radius 1 is 0.591 bits per heavy atom. The summed E-state index contributed by atoms with van der Waals surface area (Å²) in [6.45, 7) is 9.60. The van der Waals surface area contributed by atoms with Crippen molar-refractivity contribution in [3.8, 4) is 0 Å². The van der Waals surface area contributed by atoms with Gasteiger partial charge in [0, 0.05) is 55.3 Å². The number of aryl methyl sites for hydroxylation is 2. The molecule has 11 heteroatoms. The SMILES string of the molecule is CCNC(=S)Nc1ccc(C(=O)CN(CCNC(=S)Nc2ccc(CC)cc2)CCNC(=S)Nc2ccc(CC)cc2)cc1. The fraction of sp³-hybridized carbons (Fsp3) is 0.333. The molecule has 6 N–H and O–H groups in total. The molecule has 0 spiro atoms. The summed E-state index contributed by atoms with van der Waals surface area (Å²) in [4.78, 5) is 15.3. The monoisotopic (exact) mass is 649 g/mol. The van der Waals surface area contributed by atoms with Crippen molar-refractivity contribution in [2.45, 2.75) is 33.6 Å². The number of anilines is 3. The van der Waals surface area contributed by atoms with Crippen LogP contribution in [0.4, 0.5) is 17.1 Å². The van der Waals surface area contributed by atoms with E-state index in [0.29, 0.717) is 47.1 Å². The second-order valence-corrected chi connectivity index (χ2v) is 11.3. The zero-order valence-corrected chi connectivity index (χ0v) is 28.1. The minimum Gasteiger partial charge on any atom is -0.363 e. The molecule has 0 aliphatic rings. The van der Waals surface area contributed by atoms with Crippen LogP contribution < -0.4 is 31.9 Å². The molecule has 0 aliphatic heterocycles. The fourth-order valence-corrected chi connectivity index (χ4v) is 4.99. The lowest BCUT2D eigenvalue weighted by Crippen LogP contribution is -2.43. The summed E-state index contributed by atoms with van der Waals surface area (Å²) in [5, 5.41) is 20.8. The van der Waals surface area contributed by atoms with E-state index in [4.69, 9.17) is 36.7 Å². The molecule has 0 unspecified atom stereocenters. The molecule has 44 heavy (non-hydrogen) atoms. The van der Waals surface area contributed by atoms with Gasteiger partial charge in [-0.1, -0.05) is 38.1 Å². The van der Waals surface area contributed by atoms with Gasteiger partial charge in [-0.2, -0.15) is 0 Å². The van der Waals surface area contributed by atoms with Crippen molar-refractivity contribution < 1.29 is 4.79 Å². The van der Waals surface area contributed by atoms with Gasteiger partial charge in [0.1, 0.15) is 0 Å². The first-order valence-electron chi connectivity index (χ1n) is 15.0. The Labute approximate surface area is 277 Å². The molecule has 0 saturated carbocycles. The van der Waals surface area contributed by atoms with Crippen LogP contribution in [0.5, 0.6) is 0 Å². The van der Waals surface area contributed by atoms with Gasteiger partial charge in [-0.15, -0.1) is 0 Å². The lowest BCUT2D eigenvalue weighted by atomic mass is 10.1. The number of ketones is 1. The molecule has 234 valence electrons. The van der Waals surface area contributed by atoms with E-state index in [1.807, 2.05) is 55.5 Å². The van der Waals surface area contributed by atoms with Crippen molar-refractivity contribution in [2.75, 3.05) is 55.2 Å². The largest absolute Gasteiger partial charge is 0.363 e. The molecule has 0 bridgehead atoms. The zero-order valence-electron chi connectivity index (χ0n) is 25.7. The first-order valence-corrected chi connectivity index (χ1v) is 16.2.